The van der Waals surface area contributed by atoms with Crippen LogP contribution in [0.25, 0.3) is 0 Å². The number of carbonyl (C=O) groups excluding carboxylic acids is 1. The largest absolute Gasteiger partial charge is 0.479 e. The van der Waals surface area contributed by atoms with Gasteiger partial charge in [-0.2, -0.15) is 0 Å². The van der Waals surface area contributed by atoms with Crippen molar-refractivity contribution in [2.45, 2.75) is 114 Å². The lowest BCUT2D eigenvalue weighted by Crippen LogP contribution is -2.63. The zero-order valence-corrected chi connectivity index (χ0v) is 22.0. The smallest absolute Gasteiger partial charge is 0.335 e. The fraction of sp³-hybridized carbons (Fsp3) is 0.926. The molecule has 4 aliphatic carbocycles. The molecule has 5 fully saturated rings. The predicted octanol–water partition coefficient (Wildman–Crippen LogP) is -0.430. The molecule has 0 amide bonds. The molecule has 0 aromatic carbocycles. The number of Topliss-reactive ketones (excluding diaryl/α,β-unsaturated/α-hetero) is 1. The maximum absolute atomic E-state index is 13.5. The van der Waals surface area contributed by atoms with Crippen molar-refractivity contribution in [3.8, 4) is 0 Å². The minimum absolute atomic E-state index is 0.0133. The Morgan fingerprint density at radius 1 is 0.947 bits per heavy atom. The Hall–Kier alpha value is -1.18. The number of carbonyl (C=O) groups is 2. The Morgan fingerprint density at radius 3 is 2.34 bits per heavy atom. The number of ether oxygens (including phenoxy) is 2. The van der Waals surface area contributed by atoms with E-state index >= 15 is 0 Å². The first-order valence-corrected chi connectivity index (χ1v) is 13.9. The third kappa shape index (κ3) is 4.08. The second-order valence-electron chi connectivity index (χ2n) is 13.1. The number of aliphatic hydroxyl groups is 6. The van der Waals surface area contributed by atoms with E-state index in [1.165, 1.54) is 0 Å². The van der Waals surface area contributed by atoms with Gasteiger partial charge in [0.05, 0.1) is 12.2 Å². The molecule has 11 heteroatoms. The van der Waals surface area contributed by atoms with Crippen LogP contribution in [0.2, 0.25) is 0 Å². The van der Waals surface area contributed by atoms with E-state index < -0.39 is 66.2 Å². The molecule has 14 atom stereocenters. The summed E-state index contributed by atoms with van der Waals surface area (Å²) in [6.45, 7) is 3.39. The highest BCUT2D eigenvalue weighted by atomic mass is 16.7. The fourth-order valence-corrected chi connectivity index (χ4v) is 9.29. The predicted molar refractivity (Wildman–Crippen MR) is 129 cm³/mol. The van der Waals surface area contributed by atoms with Crippen molar-refractivity contribution < 1.29 is 54.8 Å². The highest BCUT2D eigenvalue weighted by Crippen LogP contribution is 2.68. The molecule has 0 radical (unpaired) electrons. The number of carboxylic acids is 1. The van der Waals surface area contributed by atoms with E-state index in [9.17, 15) is 45.3 Å². The van der Waals surface area contributed by atoms with Gasteiger partial charge in [0.25, 0.3) is 0 Å². The van der Waals surface area contributed by atoms with Crippen LogP contribution in [0.4, 0.5) is 0 Å². The summed E-state index contributed by atoms with van der Waals surface area (Å²) in [4.78, 5) is 24.8. The molecule has 216 valence electrons. The maximum Gasteiger partial charge on any atom is 0.335 e. The summed E-state index contributed by atoms with van der Waals surface area (Å²) >= 11 is 0. The van der Waals surface area contributed by atoms with E-state index in [-0.39, 0.29) is 42.1 Å². The van der Waals surface area contributed by atoms with Crippen molar-refractivity contribution in [1.29, 1.82) is 0 Å². The molecule has 38 heavy (non-hydrogen) atoms. The minimum atomic E-state index is -1.88. The molecule has 11 nitrogen and oxygen atoms in total. The van der Waals surface area contributed by atoms with E-state index in [1.54, 1.807) is 0 Å². The SMILES string of the molecule is C[C@]12CC[C@H](O)C[C@@H]1CC[C@H]1[C@H]2[C@@H](O)C[C@@]2(C)[C@@H]1CC[C@@]2(O)C(=O)CO[C@H]1O[C@@H](C(=O)O)[C@@H](O)[C@@H](O)[C@H]1O. The monoisotopic (exact) mass is 542 g/mol. The van der Waals surface area contributed by atoms with Crippen molar-refractivity contribution in [1.82, 2.24) is 0 Å². The first kappa shape index (κ1) is 28.4. The number of ketones is 1. The van der Waals surface area contributed by atoms with E-state index in [2.05, 4.69) is 6.92 Å². The van der Waals surface area contributed by atoms with E-state index in [0.717, 1.165) is 25.7 Å². The van der Waals surface area contributed by atoms with Gasteiger partial charge < -0.3 is 45.2 Å². The molecular formula is C27H42O11. The second-order valence-corrected chi connectivity index (χ2v) is 13.1. The normalized spacial score (nSPS) is 54.5. The van der Waals surface area contributed by atoms with Crippen LogP contribution in [0.1, 0.15) is 65.2 Å². The lowest BCUT2D eigenvalue weighted by molar-refractivity contribution is -0.293. The molecule has 0 aromatic rings. The Bertz CT molecular complexity index is 944. The molecule has 7 N–H and O–H groups in total. The van der Waals surface area contributed by atoms with E-state index in [1.807, 2.05) is 6.92 Å². The van der Waals surface area contributed by atoms with Crippen LogP contribution in [-0.2, 0) is 19.1 Å². The van der Waals surface area contributed by atoms with Crippen LogP contribution in [-0.4, -0.2) is 103 Å². The van der Waals surface area contributed by atoms with Gasteiger partial charge in [0.1, 0.15) is 30.5 Å². The molecule has 5 aliphatic rings. The minimum Gasteiger partial charge on any atom is -0.479 e. The van der Waals surface area contributed by atoms with Gasteiger partial charge >= 0.3 is 5.97 Å². The zero-order chi connectivity index (χ0) is 27.8. The maximum atomic E-state index is 13.5. The molecule has 0 bridgehead atoms. The Labute approximate surface area is 221 Å². The number of hydrogen-bond acceptors (Lipinski definition) is 10. The summed E-state index contributed by atoms with van der Waals surface area (Å²) in [5, 5.41) is 72.9. The number of aliphatic carboxylic acids is 1. The number of rotatable bonds is 5. The summed E-state index contributed by atoms with van der Waals surface area (Å²) in [6.07, 6.45) is -4.90. The fourth-order valence-electron chi connectivity index (χ4n) is 9.29. The van der Waals surface area contributed by atoms with Crippen molar-refractivity contribution in [3.63, 3.8) is 0 Å². The number of fused-ring (bicyclic) bond motifs is 5. The van der Waals surface area contributed by atoms with Gasteiger partial charge in [0, 0.05) is 5.41 Å². The molecule has 0 unspecified atom stereocenters. The third-order valence-electron chi connectivity index (χ3n) is 11.4. The second kappa shape index (κ2) is 9.73. The van der Waals surface area contributed by atoms with Gasteiger partial charge in [-0.15, -0.1) is 0 Å². The van der Waals surface area contributed by atoms with Gasteiger partial charge in [-0.05, 0) is 80.5 Å². The molecule has 0 spiro atoms. The Kier molecular flexibility index (Phi) is 7.26. The first-order chi connectivity index (χ1) is 17.7. The molecular weight excluding hydrogens is 500 g/mol. The van der Waals surface area contributed by atoms with E-state index in [0.29, 0.717) is 18.8 Å². The molecule has 5 rings (SSSR count). The van der Waals surface area contributed by atoms with Gasteiger partial charge in [-0.1, -0.05) is 13.8 Å². The lowest BCUT2D eigenvalue weighted by atomic mass is 9.43. The zero-order valence-electron chi connectivity index (χ0n) is 22.0. The molecule has 4 saturated carbocycles. The highest BCUT2D eigenvalue weighted by molar-refractivity contribution is 5.89. The Morgan fingerprint density at radius 2 is 1.66 bits per heavy atom. The topological polar surface area (TPSA) is 194 Å². The molecule has 1 aliphatic heterocycles. The average Bonchev–Trinajstić information content (AvgIpc) is 3.13. The number of hydrogen-bond donors (Lipinski definition) is 7. The summed E-state index contributed by atoms with van der Waals surface area (Å²) in [5.74, 6) is -1.69. The quantitative estimate of drug-likeness (QED) is 0.238. The van der Waals surface area contributed by atoms with Crippen molar-refractivity contribution in [2.75, 3.05) is 6.61 Å². The van der Waals surface area contributed by atoms with Crippen LogP contribution in [0.5, 0.6) is 0 Å². The average molecular weight is 543 g/mol. The lowest BCUT2D eigenvalue weighted by Gasteiger charge is -2.62. The summed E-state index contributed by atoms with van der Waals surface area (Å²) in [6, 6.07) is 0. The van der Waals surface area contributed by atoms with Crippen LogP contribution in [0.3, 0.4) is 0 Å². The van der Waals surface area contributed by atoms with Crippen molar-refractivity contribution >= 4 is 11.8 Å². The van der Waals surface area contributed by atoms with E-state index in [4.69, 9.17) is 9.47 Å². The number of carboxylic acid groups (broad SMARTS) is 1. The summed E-state index contributed by atoms with van der Waals surface area (Å²) < 4.78 is 10.5. The van der Waals surface area contributed by atoms with Crippen molar-refractivity contribution in [3.05, 3.63) is 0 Å². The van der Waals surface area contributed by atoms with Gasteiger partial charge in [-0.3, -0.25) is 4.79 Å². The van der Waals surface area contributed by atoms with Crippen LogP contribution < -0.4 is 0 Å². The highest BCUT2D eigenvalue weighted by Gasteiger charge is 2.68. The van der Waals surface area contributed by atoms with Gasteiger partial charge in [-0.25, -0.2) is 4.79 Å². The molecule has 0 aromatic heterocycles. The van der Waals surface area contributed by atoms with Crippen molar-refractivity contribution in [2.24, 2.45) is 34.5 Å². The summed E-state index contributed by atoms with van der Waals surface area (Å²) in [5.41, 5.74) is -2.80. The molecule has 1 heterocycles. The van der Waals surface area contributed by atoms with Crippen LogP contribution >= 0.6 is 0 Å². The Balaban J connectivity index is 1.32. The summed E-state index contributed by atoms with van der Waals surface area (Å²) in [7, 11) is 0. The van der Waals surface area contributed by atoms with Gasteiger partial charge in [0.2, 0.25) is 0 Å². The van der Waals surface area contributed by atoms with Crippen LogP contribution in [0.15, 0.2) is 0 Å². The third-order valence-corrected chi connectivity index (χ3v) is 11.4. The first-order valence-electron chi connectivity index (χ1n) is 13.9. The standard InChI is InChI=1S/C27H42O11/c1-25-7-5-13(28)9-12(25)3-4-14-15-6-8-27(36,26(15,2)10-16(29)18(14)25)17(30)11-37-24-21(33)19(31)20(32)22(38-24)23(34)35/h12-16,18-22,24,28-29,31-33,36H,3-11H2,1-2H3,(H,34,35)/t12-,13-,14+,15+,16-,18-,19+,20-,21+,22+,24-,25-,26-,27+/m0/s1. The van der Waals surface area contributed by atoms with Crippen LogP contribution in [0, 0.1) is 34.5 Å². The van der Waals surface area contributed by atoms with Gasteiger partial charge in [0.15, 0.2) is 18.2 Å². The number of aliphatic hydroxyl groups excluding tert-OH is 5. The molecule has 1 saturated heterocycles.